The Bertz CT molecular complexity index is 1550. The number of ether oxygens (including phenoxy) is 2. The van der Waals surface area contributed by atoms with E-state index >= 15 is 0 Å². The minimum Gasteiger partial charge on any atom is -0.394 e. The number of hydrogen-bond donors (Lipinski definition) is 6. The first-order valence-electron chi connectivity index (χ1n) is 11.9. The second-order valence-corrected chi connectivity index (χ2v) is 10.5. The van der Waals surface area contributed by atoms with Crippen LogP contribution < -0.4 is 17.6 Å². The molecule has 0 amide bonds. The van der Waals surface area contributed by atoms with Crippen LogP contribution in [0.1, 0.15) is 25.3 Å². The van der Waals surface area contributed by atoms with Crippen molar-refractivity contribution in [3.63, 3.8) is 0 Å². The van der Waals surface area contributed by atoms with Crippen LogP contribution in [0.15, 0.2) is 25.3 Å². The predicted octanol–water partition coefficient (Wildman–Crippen LogP) is -0.577. The molecule has 4 aromatic rings. The van der Waals surface area contributed by atoms with Crippen LogP contribution >= 0.6 is 7.82 Å². The lowest BCUT2D eigenvalue weighted by Gasteiger charge is -2.21. The molecule has 19 nitrogen and oxygen atoms in total. The highest BCUT2D eigenvalue weighted by molar-refractivity contribution is 7.47. The third-order valence-electron chi connectivity index (χ3n) is 6.63. The fourth-order valence-corrected chi connectivity index (χ4v) is 5.67. The Morgan fingerprint density at radius 3 is 2.05 bits per heavy atom. The number of rotatable bonds is 8. The normalized spacial score (nSPS) is 28.2. The van der Waals surface area contributed by atoms with Crippen molar-refractivity contribution >= 4 is 41.8 Å². The summed E-state index contributed by atoms with van der Waals surface area (Å²) in [6, 6.07) is 0. The minimum absolute atomic E-state index is 0. The third kappa shape index (κ3) is 5.09. The van der Waals surface area contributed by atoms with Crippen LogP contribution in [0.5, 0.6) is 0 Å². The molecule has 7 atom stereocenters. The Kier molecular flexibility index (Phi) is 7.66. The topological polar surface area (TPSA) is 289 Å². The standard InChI is InChI=1S/C20H25N10O8P.H3N/c21-17-15-19(25-5-23-17)29(7-27-15)13-1-9(32)12(37-13)4-35-39(33,34)38-10-2-14(36-11(10)3-31)30-8-28-16-18(22)24-6-26-20(16)30;/h5-14,31-32H,1-4H2,(H,33,34)(H2,21,23,25)(H2,22,24,26);1H3. The molecule has 0 saturated carbocycles. The maximum atomic E-state index is 12.8. The van der Waals surface area contributed by atoms with Crippen molar-refractivity contribution in [3.05, 3.63) is 25.3 Å². The zero-order valence-electron chi connectivity index (χ0n) is 20.9. The highest BCUT2D eigenvalue weighted by Gasteiger charge is 2.43. The molecular weight excluding hydrogens is 553 g/mol. The van der Waals surface area contributed by atoms with Gasteiger partial charge >= 0.3 is 7.82 Å². The number of hydrogen-bond acceptors (Lipinski definition) is 16. The molecular formula is C20H28N11O8P. The zero-order chi connectivity index (χ0) is 27.3. The van der Waals surface area contributed by atoms with Crippen LogP contribution in [0.25, 0.3) is 22.3 Å². The number of imidazole rings is 2. The van der Waals surface area contributed by atoms with E-state index in [-0.39, 0.29) is 30.6 Å². The van der Waals surface area contributed by atoms with Gasteiger partial charge in [-0.2, -0.15) is 0 Å². The van der Waals surface area contributed by atoms with E-state index < -0.39 is 57.9 Å². The molecule has 7 unspecified atom stereocenters. The number of aliphatic hydroxyl groups is 2. The molecule has 6 heterocycles. The van der Waals surface area contributed by atoms with Crippen LogP contribution in [0, 0.1) is 0 Å². The summed E-state index contributed by atoms with van der Waals surface area (Å²) < 4.78 is 38.2. The number of aliphatic hydroxyl groups excluding tert-OH is 2. The quantitative estimate of drug-likeness (QED) is 0.142. The maximum Gasteiger partial charge on any atom is 0.472 e. The molecule has 0 bridgehead atoms. The van der Waals surface area contributed by atoms with E-state index in [9.17, 15) is 19.7 Å². The monoisotopic (exact) mass is 581 g/mol. The van der Waals surface area contributed by atoms with Crippen molar-refractivity contribution in [2.45, 2.75) is 49.7 Å². The van der Waals surface area contributed by atoms with E-state index in [2.05, 4.69) is 29.9 Å². The van der Waals surface area contributed by atoms with Gasteiger partial charge in [0, 0.05) is 12.8 Å². The summed E-state index contributed by atoms with van der Waals surface area (Å²) >= 11 is 0. The smallest absolute Gasteiger partial charge is 0.394 e. The molecule has 2 aliphatic heterocycles. The highest BCUT2D eigenvalue weighted by atomic mass is 31.2. The maximum absolute atomic E-state index is 12.8. The largest absolute Gasteiger partial charge is 0.472 e. The minimum atomic E-state index is -4.66. The lowest BCUT2D eigenvalue weighted by molar-refractivity contribution is -0.0554. The van der Waals surface area contributed by atoms with Gasteiger partial charge in [-0.25, -0.2) is 34.5 Å². The van der Waals surface area contributed by atoms with Gasteiger partial charge in [0.25, 0.3) is 0 Å². The molecule has 40 heavy (non-hydrogen) atoms. The van der Waals surface area contributed by atoms with Crippen molar-refractivity contribution in [2.24, 2.45) is 0 Å². The Morgan fingerprint density at radius 2 is 1.48 bits per heavy atom. The van der Waals surface area contributed by atoms with E-state index in [1.54, 1.807) is 9.13 Å². The van der Waals surface area contributed by atoms with Crippen molar-refractivity contribution in [1.82, 2.24) is 45.2 Å². The van der Waals surface area contributed by atoms with Crippen molar-refractivity contribution < 1.29 is 38.2 Å². The number of anilines is 2. The fraction of sp³-hybridized carbons (Fsp3) is 0.500. The summed E-state index contributed by atoms with van der Waals surface area (Å²) in [5.74, 6) is 0.391. The van der Waals surface area contributed by atoms with Crippen molar-refractivity contribution in [3.8, 4) is 0 Å². The van der Waals surface area contributed by atoms with Gasteiger partial charge in [0.05, 0.1) is 32.0 Å². The van der Waals surface area contributed by atoms with Crippen LogP contribution in [-0.4, -0.2) is 91.8 Å². The number of phosphoric acid groups is 1. The summed E-state index contributed by atoms with van der Waals surface area (Å²) in [5, 5.41) is 20.3. The van der Waals surface area contributed by atoms with Gasteiger partial charge in [0.1, 0.15) is 54.5 Å². The van der Waals surface area contributed by atoms with E-state index in [0.717, 1.165) is 0 Å². The molecule has 6 rings (SSSR count). The van der Waals surface area contributed by atoms with Crippen LogP contribution in [0.4, 0.5) is 11.6 Å². The van der Waals surface area contributed by atoms with E-state index in [0.29, 0.717) is 22.3 Å². The summed E-state index contributed by atoms with van der Waals surface area (Å²) in [4.78, 5) is 34.9. The molecule has 2 saturated heterocycles. The molecule has 2 aliphatic rings. The summed E-state index contributed by atoms with van der Waals surface area (Å²) in [5.41, 5.74) is 13.2. The number of phosphoric ester groups is 1. The van der Waals surface area contributed by atoms with Gasteiger partial charge in [0.2, 0.25) is 0 Å². The van der Waals surface area contributed by atoms with Gasteiger partial charge in [-0.1, -0.05) is 0 Å². The Morgan fingerprint density at radius 1 is 0.925 bits per heavy atom. The van der Waals surface area contributed by atoms with Crippen molar-refractivity contribution in [1.29, 1.82) is 0 Å². The predicted molar refractivity (Wildman–Crippen MR) is 135 cm³/mol. The van der Waals surface area contributed by atoms with Crippen LogP contribution in [-0.2, 0) is 23.1 Å². The SMILES string of the molecule is N.Nc1ncnc2c1ncn2C1CC(O)C(COP(=O)(O)OC2CC(n3cnc4c(N)ncnc43)OC2CO)O1. The molecule has 0 aromatic carbocycles. The fourth-order valence-electron chi connectivity index (χ4n) is 4.71. The second kappa shape index (κ2) is 10.9. The molecule has 2 fully saturated rings. The molecule has 216 valence electrons. The van der Waals surface area contributed by atoms with Crippen LogP contribution in [0.2, 0.25) is 0 Å². The number of nitrogens with zero attached hydrogens (tertiary/aromatic N) is 8. The highest BCUT2D eigenvalue weighted by Crippen LogP contribution is 2.49. The molecule has 20 heteroatoms. The molecule has 4 aromatic heterocycles. The van der Waals surface area contributed by atoms with Gasteiger partial charge < -0.3 is 42.2 Å². The lowest BCUT2D eigenvalue weighted by atomic mass is 10.2. The molecule has 0 spiro atoms. The summed E-state index contributed by atoms with van der Waals surface area (Å²) in [6.07, 6.45) is 0.436. The van der Waals surface area contributed by atoms with Gasteiger partial charge in [-0.15, -0.1) is 0 Å². The molecule has 0 radical (unpaired) electrons. The molecule has 10 N–H and O–H groups in total. The number of nitrogens with two attached hydrogens (primary N) is 2. The van der Waals surface area contributed by atoms with E-state index in [1.807, 2.05) is 0 Å². The zero-order valence-corrected chi connectivity index (χ0v) is 21.8. The van der Waals surface area contributed by atoms with Gasteiger partial charge in [-0.3, -0.25) is 18.2 Å². The third-order valence-corrected chi connectivity index (χ3v) is 7.64. The average Bonchev–Trinajstić information content (AvgIpc) is 3.68. The lowest BCUT2D eigenvalue weighted by Crippen LogP contribution is -2.29. The summed E-state index contributed by atoms with van der Waals surface area (Å²) in [6.45, 7) is -0.928. The van der Waals surface area contributed by atoms with Gasteiger partial charge in [0.15, 0.2) is 22.9 Å². The Labute approximate surface area is 225 Å². The average molecular weight is 581 g/mol. The Hall–Kier alpha value is -3.39. The first kappa shape index (κ1) is 28.1. The number of fused-ring (bicyclic) bond motifs is 2. The number of aromatic nitrogens is 8. The Balaban J connectivity index is 0.00000323. The van der Waals surface area contributed by atoms with E-state index in [4.69, 9.17) is 30.0 Å². The van der Waals surface area contributed by atoms with Crippen molar-refractivity contribution in [2.75, 3.05) is 24.7 Å². The first-order chi connectivity index (χ1) is 18.7. The summed E-state index contributed by atoms with van der Waals surface area (Å²) in [7, 11) is -4.66. The second-order valence-electron chi connectivity index (χ2n) is 9.05. The van der Waals surface area contributed by atoms with Crippen LogP contribution in [0.3, 0.4) is 0 Å². The number of nitrogen functional groups attached to an aromatic ring is 2. The first-order valence-corrected chi connectivity index (χ1v) is 13.3. The molecule has 0 aliphatic carbocycles. The van der Waals surface area contributed by atoms with E-state index in [1.165, 1.54) is 25.3 Å². The van der Waals surface area contributed by atoms with Gasteiger partial charge in [-0.05, 0) is 0 Å².